The van der Waals surface area contributed by atoms with Gasteiger partial charge in [-0.2, -0.15) is 0 Å². The van der Waals surface area contributed by atoms with E-state index in [2.05, 4.69) is 5.32 Å². The monoisotopic (exact) mass is 250 g/mol. The highest BCUT2D eigenvalue weighted by Crippen LogP contribution is 2.22. The maximum absolute atomic E-state index is 12.0. The summed E-state index contributed by atoms with van der Waals surface area (Å²) in [5.41, 5.74) is 7.19. The lowest BCUT2D eigenvalue weighted by atomic mass is 9.99. The molecule has 4 heteroatoms. The third-order valence-electron chi connectivity index (χ3n) is 3.23. The van der Waals surface area contributed by atoms with Gasteiger partial charge >= 0.3 is 0 Å². The molecule has 4 nitrogen and oxygen atoms in total. The number of carbonyl (C=O) groups excluding carboxylic acids is 1. The lowest BCUT2D eigenvalue weighted by Gasteiger charge is -2.19. The van der Waals surface area contributed by atoms with Crippen LogP contribution in [0.3, 0.4) is 0 Å². The van der Waals surface area contributed by atoms with Crippen molar-refractivity contribution in [3.63, 3.8) is 0 Å². The highest BCUT2D eigenvalue weighted by atomic mass is 16.3. The Labute approximate surface area is 108 Å². The van der Waals surface area contributed by atoms with Crippen LogP contribution in [-0.4, -0.2) is 17.1 Å². The van der Waals surface area contributed by atoms with E-state index >= 15 is 0 Å². The molecule has 18 heavy (non-hydrogen) atoms. The van der Waals surface area contributed by atoms with Crippen molar-refractivity contribution < 1.29 is 9.90 Å². The minimum atomic E-state index is -0.624. The van der Waals surface area contributed by atoms with Crippen molar-refractivity contribution in [3.8, 4) is 0 Å². The topological polar surface area (TPSA) is 75.4 Å². The van der Waals surface area contributed by atoms with E-state index in [0.29, 0.717) is 11.3 Å². The number of hydrogen-bond acceptors (Lipinski definition) is 3. The lowest BCUT2D eigenvalue weighted by molar-refractivity contribution is -0.118. The van der Waals surface area contributed by atoms with Gasteiger partial charge in [0.2, 0.25) is 5.91 Å². The summed E-state index contributed by atoms with van der Waals surface area (Å²) in [6, 6.07) is 6.66. The Balaban J connectivity index is 2.82. The molecule has 0 aliphatic carbocycles. The van der Waals surface area contributed by atoms with Crippen LogP contribution in [0.2, 0.25) is 0 Å². The van der Waals surface area contributed by atoms with Crippen molar-refractivity contribution in [2.24, 2.45) is 11.7 Å². The fourth-order valence-corrected chi connectivity index (χ4v) is 1.70. The molecule has 0 aromatic heterocycles. The van der Waals surface area contributed by atoms with Crippen LogP contribution in [0.1, 0.15) is 38.9 Å². The summed E-state index contributed by atoms with van der Waals surface area (Å²) in [5, 5.41) is 12.4. The molecule has 0 aliphatic heterocycles. The standard InChI is InChI=1S/C14H22N2O2/c1-4-9(2)13(15)14(18)16-12-8-6-5-7-11(12)10(3)17/h5-10,13,17H,4,15H2,1-3H3,(H,16,18). The fourth-order valence-electron chi connectivity index (χ4n) is 1.70. The van der Waals surface area contributed by atoms with Crippen molar-refractivity contribution in [2.75, 3.05) is 5.32 Å². The van der Waals surface area contributed by atoms with E-state index in [1.807, 2.05) is 26.0 Å². The summed E-state index contributed by atoms with van der Waals surface area (Å²) < 4.78 is 0. The molecule has 1 aromatic carbocycles. The molecule has 0 spiro atoms. The normalized spacial score (nSPS) is 15.8. The van der Waals surface area contributed by atoms with Gasteiger partial charge in [-0.1, -0.05) is 38.5 Å². The molecule has 0 fully saturated rings. The molecule has 0 aliphatic rings. The van der Waals surface area contributed by atoms with E-state index in [1.165, 1.54) is 0 Å². The second-order valence-corrected chi connectivity index (χ2v) is 4.66. The van der Waals surface area contributed by atoms with Crippen LogP contribution in [0, 0.1) is 5.92 Å². The van der Waals surface area contributed by atoms with Crippen LogP contribution in [0.25, 0.3) is 0 Å². The quantitative estimate of drug-likeness (QED) is 0.748. The number of aliphatic hydroxyl groups is 1. The van der Waals surface area contributed by atoms with Gasteiger partial charge in [0.1, 0.15) is 0 Å². The molecule has 0 radical (unpaired) electrons. The van der Waals surface area contributed by atoms with E-state index in [1.54, 1.807) is 19.1 Å². The summed E-state index contributed by atoms with van der Waals surface area (Å²) in [5.74, 6) is -0.0823. The van der Waals surface area contributed by atoms with Gasteiger partial charge in [-0.05, 0) is 18.9 Å². The highest BCUT2D eigenvalue weighted by molar-refractivity contribution is 5.95. The number of amides is 1. The first-order valence-electron chi connectivity index (χ1n) is 6.30. The van der Waals surface area contributed by atoms with Gasteiger partial charge in [0.05, 0.1) is 12.1 Å². The van der Waals surface area contributed by atoms with Gasteiger partial charge in [0.25, 0.3) is 0 Å². The maximum Gasteiger partial charge on any atom is 0.241 e. The lowest BCUT2D eigenvalue weighted by Crippen LogP contribution is -2.40. The number of hydrogen-bond donors (Lipinski definition) is 3. The number of nitrogens with two attached hydrogens (primary N) is 1. The molecular formula is C14H22N2O2. The van der Waals surface area contributed by atoms with Crippen LogP contribution in [0.15, 0.2) is 24.3 Å². The molecule has 0 saturated heterocycles. The number of aliphatic hydroxyl groups excluding tert-OH is 1. The van der Waals surface area contributed by atoms with Crippen LogP contribution >= 0.6 is 0 Å². The van der Waals surface area contributed by atoms with Gasteiger partial charge in [-0.15, -0.1) is 0 Å². The third kappa shape index (κ3) is 3.55. The predicted molar refractivity (Wildman–Crippen MR) is 73.1 cm³/mol. The zero-order chi connectivity index (χ0) is 13.7. The zero-order valence-corrected chi connectivity index (χ0v) is 11.2. The summed E-state index contributed by atoms with van der Waals surface area (Å²) in [7, 11) is 0. The van der Waals surface area contributed by atoms with E-state index in [0.717, 1.165) is 6.42 Å². The van der Waals surface area contributed by atoms with E-state index in [9.17, 15) is 9.90 Å². The SMILES string of the molecule is CCC(C)C(N)C(=O)Nc1ccccc1C(C)O. The molecule has 0 heterocycles. The van der Waals surface area contributed by atoms with Crippen LogP contribution in [-0.2, 0) is 4.79 Å². The summed E-state index contributed by atoms with van der Waals surface area (Å²) in [6.07, 6.45) is 0.230. The first-order chi connectivity index (χ1) is 8.47. The van der Waals surface area contributed by atoms with E-state index in [-0.39, 0.29) is 11.8 Å². The molecule has 4 N–H and O–H groups in total. The fraction of sp³-hybridized carbons (Fsp3) is 0.500. The molecule has 0 bridgehead atoms. The number of nitrogens with one attached hydrogen (secondary N) is 1. The molecule has 1 amide bonds. The van der Waals surface area contributed by atoms with Gasteiger partial charge in [0.15, 0.2) is 0 Å². The molecule has 3 unspecified atom stereocenters. The number of benzene rings is 1. The van der Waals surface area contributed by atoms with Gasteiger partial charge in [-0.3, -0.25) is 4.79 Å². The minimum absolute atomic E-state index is 0.128. The Bertz CT molecular complexity index is 405. The first-order valence-corrected chi connectivity index (χ1v) is 6.30. The Morgan fingerprint density at radius 2 is 2.00 bits per heavy atom. The highest BCUT2D eigenvalue weighted by Gasteiger charge is 2.20. The van der Waals surface area contributed by atoms with Gasteiger partial charge in [-0.25, -0.2) is 0 Å². The average molecular weight is 250 g/mol. The summed E-state index contributed by atoms with van der Waals surface area (Å²) >= 11 is 0. The maximum atomic E-state index is 12.0. The van der Waals surface area contributed by atoms with Crippen molar-refractivity contribution in [1.29, 1.82) is 0 Å². The molecule has 100 valence electrons. The number of carbonyl (C=O) groups is 1. The van der Waals surface area contributed by atoms with Crippen molar-refractivity contribution in [3.05, 3.63) is 29.8 Å². The number of para-hydroxylation sites is 1. The largest absolute Gasteiger partial charge is 0.389 e. The molecule has 0 saturated carbocycles. The number of anilines is 1. The van der Waals surface area contributed by atoms with Crippen molar-refractivity contribution in [1.82, 2.24) is 0 Å². The Morgan fingerprint density at radius 3 is 2.56 bits per heavy atom. The second-order valence-electron chi connectivity index (χ2n) is 4.66. The zero-order valence-electron chi connectivity index (χ0n) is 11.2. The smallest absolute Gasteiger partial charge is 0.241 e. The Kier molecular flexibility index (Phi) is 5.31. The Hall–Kier alpha value is -1.39. The predicted octanol–water partition coefficient (Wildman–Crippen LogP) is 2.05. The molecule has 1 rings (SSSR count). The third-order valence-corrected chi connectivity index (χ3v) is 3.23. The minimum Gasteiger partial charge on any atom is -0.389 e. The molecule has 1 aromatic rings. The number of rotatable bonds is 5. The van der Waals surface area contributed by atoms with Gasteiger partial charge < -0.3 is 16.2 Å². The first kappa shape index (κ1) is 14.7. The van der Waals surface area contributed by atoms with Crippen LogP contribution < -0.4 is 11.1 Å². The second kappa shape index (κ2) is 6.52. The molecule has 3 atom stereocenters. The van der Waals surface area contributed by atoms with Crippen molar-refractivity contribution >= 4 is 11.6 Å². The van der Waals surface area contributed by atoms with Crippen LogP contribution in [0.5, 0.6) is 0 Å². The summed E-state index contributed by atoms with van der Waals surface area (Å²) in [6.45, 7) is 5.62. The van der Waals surface area contributed by atoms with Crippen LogP contribution in [0.4, 0.5) is 5.69 Å². The van der Waals surface area contributed by atoms with Gasteiger partial charge in [0, 0.05) is 11.3 Å². The average Bonchev–Trinajstić information content (AvgIpc) is 2.37. The van der Waals surface area contributed by atoms with Crippen molar-refractivity contribution in [2.45, 2.75) is 39.3 Å². The Morgan fingerprint density at radius 1 is 1.39 bits per heavy atom. The van der Waals surface area contributed by atoms with E-state index in [4.69, 9.17) is 5.73 Å². The summed E-state index contributed by atoms with van der Waals surface area (Å²) in [4.78, 5) is 12.0. The van der Waals surface area contributed by atoms with E-state index < -0.39 is 12.1 Å². The molecular weight excluding hydrogens is 228 g/mol.